The number of aromatic nitrogens is 1. The lowest BCUT2D eigenvalue weighted by Gasteiger charge is -2.27. The Hall–Kier alpha value is -2.65. The summed E-state index contributed by atoms with van der Waals surface area (Å²) in [7, 11) is 0. The Kier molecular flexibility index (Phi) is 6.29. The lowest BCUT2D eigenvalue weighted by Crippen LogP contribution is -2.37. The van der Waals surface area contributed by atoms with Crippen molar-refractivity contribution in [2.75, 3.05) is 18.8 Å². The van der Waals surface area contributed by atoms with E-state index in [0.717, 1.165) is 16.6 Å². The molecule has 0 bridgehead atoms. The number of para-hydroxylation sites is 1. The molecule has 0 saturated carbocycles. The highest BCUT2D eigenvalue weighted by atomic mass is 79.9. The van der Waals surface area contributed by atoms with Crippen LogP contribution in [0.5, 0.6) is 5.75 Å². The van der Waals surface area contributed by atoms with Crippen molar-refractivity contribution >= 4 is 39.6 Å². The number of H-pyrrole nitrogens is 1. The quantitative estimate of drug-likeness (QED) is 0.365. The molecule has 3 rings (SSSR count). The molecule has 0 radical (unpaired) electrons. The van der Waals surface area contributed by atoms with Crippen LogP contribution >= 0.6 is 15.9 Å². The zero-order valence-electron chi connectivity index (χ0n) is 18.2. The minimum atomic E-state index is -0.544. The average Bonchev–Trinajstić information content (AvgIpc) is 3.23. The highest BCUT2D eigenvalue weighted by Gasteiger charge is 2.41. The highest BCUT2D eigenvalue weighted by Crippen LogP contribution is 2.42. The third-order valence-corrected chi connectivity index (χ3v) is 6.15. The van der Waals surface area contributed by atoms with Crippen LogP contribution < -0.4 is 16.4 Å². The average molecular weight is 493 g/mol. The molecule has 1 aliphatic rings. The molecular formula is C22H29BrN4O4. The van der Waals surface area contributed by atoms with Gasteiger partial charge in [0, 0.05) is 45.5 Å². The van der Waals surface area contributed by atoms with Gasteiger partial charge in [0.2, 0.25) is 0 Å². The van der Waals surface area contributed by atoms with E-state index in [1.54, 1.807) is 35.2 Å². The lowest BCUT2D eigenvalue weighted by atomic mass is 9.86. The summed E-state index contributed by atoms with van der Waals surface area (Å²) in [5, 5.41) is 9.10. The monoisotopic (exact) mass is 492 g/mol. The van der Waals surface area contributed by atoms with Crippen LogP contribution in [0, 0.1) is 0 Å². The number of aromatic amines is 1. The number of nitrogens with one attached hydrogen (secondary N) is 1. The molecule has 1 saturated heterocycles. The molecule has 1 fully saturated rings. The first-order valence-electron chi connectivity index (χ1n) is 9.98. The maximum Gasteiger partial charge on any atom is 0.410 e. The fourth-order valence-electron chi connectivity index (χ4n) is 3.73. The highest BCUT2D eigenvalue weighted by molar-refractivity contribution is 9.10. The molecule has 168 valence electrons. The third kappa shape index (κ3) is 4.83. The van der Waals surface area contributed by atoms with E-state index in [1.807, 2.05) is 20.8 Å². The van der Waals surface area contributed by atoms with Gasteiger partial charge < -0.3 is 31.0 Å². The molecule has 0 aliphatic carbocycles. The summed E-state index contributed by atoms with van der Waals surface area (Å²) >= 11 is 3.66. The first kappa shape index (κ1) is 23.0. The maximum absolute atomic E-state index is 12.5. The Balaban J connectivity index is 1.89. The number of rotatable bonds is 4. The zero-order chi connectivity index (χ0) is 23.0. The molecule has 8 nitrogen and oxygen atoms in total. The van der Waals surface area contributed by atoms with Gasteiger partial charge in [0.25, 0.3) is 0 Å². The predicted molar refractivity (Wildman–Crippen MR) is 124 cm³/mol. The summed E-state index contributed by atoms with van der Waals surface area (Å²) < 4.78 is 6.30. The van der Waals surface area contributed by atoms with E-state index in [9.17, 15) is 4.79 Å². The molecule has 1 aromatic heterocycles. The van der Waals surface area contributed by atoms with Gasteiger partial charge in [-0.2, -0.15) is 0 Å². The normalized spacial score (nSPS) is 19.5. The Labute approximate surface area is 190 Å². The number of carbonyl (C=O) groups excluding carboxylic acids is 1. The number of nitrogen functional groups attached to an aromatic ring is 1. The number of benzene rings is 1. The summed E-state index contributed by atoms with van der Waals surface area (Å²) in [5.41, 5.74) is 14.2. The number of likely N-dealkylation sites (tertiary alicyclic amines) is 1. The largest absolute Gasteiger partial charge is 0.444 e. The zero-order valence-corrected chi connectivity index (χ0v) is 19.7. The molecule has 1 unspecified atom stereocenters. The van der Waals surface area contributed by atoms with Crippen LogP contribution in [0.4, 0.5) is 10.6 Å². The van der Waals surface area contributed by atoms with Crippen LogP contribution in [-0.2, 0) is 10.2 Å². The number of nitrogens with two attached hydrogens (primary N) is 2. The molecule has 0 spiro atoms. The van der Waals surface area contributed by atoms with Crippen LogP contribution in [0.15, 0.2) is 28.7 Å². The Bertz CT molecular complexity index is 1010. The molecule has 1 aliphatic heterocycles. The Morgan fingerprint density at radius 1 is 1.35 bits per heavy atom. The second kappa shape index (κ2) is 8.47. The minimum absolute atomic E-state index is 0.248. The molecule has 2 aromatic rings. The number of anilines is 1. The molecule has 9 heteroatoms. The van der Waals surface area contributed by atoms with E-state index in [2.05, 4.69) is 32.7 Å². The van der Waals surface area contributed by atoms with Gasteiger partial charge >= 0.3 is 6.09 Å². The van der Waals surface area contributed by atoms with Gasteiger partial charge in [-0.25, -0.2) is 10.1 Å². The van der Waals surface area contributed by atoms with Crippen LogP contribution in [-0.4, -0.2) is 39.9 Å². The van der Waals surface area contributed by atoms with Crippen LogP contribution in [0.1, 0.15) is 50.9 Å². The first-order chi connectivity index (χ1) is 14.4. The van der Waals surface area contributed by atoms with Crippen LogP contribution in [0.3, 0.4) is 0 Å². The maximum atomic E-state index is 12.5. The Morgan fingerprint density at radius 3 is 2.68 bits per heavy atom. The van der Waals surface area contributed by atoms with Crippen molar-refractivity contribution in [3.63, 3.8) is 0 Å². The number of carbonyl (C=O) groups is 1. The van der Waals surface area contributed by atoms with Gasteiger partial charge in [0.15, 0.2) is 5.75 Å². The van der Waals surface area contributed by atoms with E-state index >= 15 is 0 Å². The summed E-state index contributed by atoms with van der Waals surface area (Å²) in [6.45, 7) is 8.73. The first-order valence-corrected chi connectivity index (χ1v) is 10.8. The number of ether oxygens (including phenoxy) is 1. The van der Waals surface area contributed by atoms with Gasteiger partial charge in [-0.1, -0.05) is 19.1 Å². The summed E-state index contributed by atoms with van der Waals surface area (Å²) in [6, 6.07) is 6.89. The van der Waals surface area contributed by atoms with Gasteiger partial charge in [-0.05, 0) is 61.3 Å². The van der Waals surface area contributed by atoms with Gasteiger partial charge in [0.05, 0.1) is 0 Å². The van der Waals surface area contributed by atoms with E-state index < -0.39 is 5.60 Å². The number of hydrogen-bond donors (Lipinski definition) is 4. The topological polar surface area (TPSA) is 127 Å². The Morgan fingerprint density at radius 2 is 2.03 bits per heavy atom. The summed E-state index contributed by atoms with van der Waals surface area (Å²) in [4.78, 5) is 21.9. The number of halogens is 1. The summed E-state index contributed by atoms with van der Waals surface area (Å²) in [5.74, 6) is 0.696. The summed E-state index contributed by atoms with van der Waals surface area (Å²) in [6.07, 6.45) is 2.16. The molecule has 2 heterocycles. The van der Waals surface area contributed by atoms with E-state index in [0.29, 0.717) is 35.7 Å². The number of amides is 1. The van der Waals surface area contributed by atoms with Crippen molar-refractivity contribution in [1.29, 1.82) is 0 Å². The van der Waals surface area contributed by atoms with E-state index in [-0.39, 0.29) is 17.3 Å². The SMILES string of the molecule is CC(C)(C)OC(=O)N1CCC(C)(c2[nH]c(N)c(/C=C(\N)c3ccccc3OO)c2Br)C1. The molecule has 1 amide bonds. The van der Waals surface area contributed by atoms with E-state index in [1.165, 1.54) is 0 Å². The van der Waals surface area contributed by atoms with Crippen molar-refractivity contribution in [2.45, 2.75) is 45.1 Å². The molecular weight excluding hydrogens is 464 g/mol. The minimum Gasteiger partial charge on any atom is -0.444 e. The second-order valence-electron chi connectivity index (χ2n) is 9.04. The molecule has 1 aromatic carbocycles. The fourth-order valence-corrected chi connectivity index (χ4v) is 4.64. The van der Waals surface area contributed by atoms with Crippen molar-refractivity contribution in [3.05, 3.63) is 45.6 Å². The van der Waals surface area contributed by atoms with Gasteiger partial charge in [0.1, 0.15) is 11.4 Å². The smallest absolute Gasteiger partial charge is 0.410 e. The fraction of sp³-hybridized carbons (Fsp3) is 0.409. The standard InChI is InChI=1S/C22H29BrN4O4/c1-21(2,3)30-20(28)27-10-9-22(4,12-27)18-17(23)14(19(25)26-18)11-15(24)13-7-5-6-8-16(13)31-29/h5-8,11,26,29H,9-10,12,24-25H2,1-4H3/b15-11-. The van der Waals surface area contributed by atoms with Crippen molar-refractivity contribution in [2.24, 2.45) is 5.73 Å². The van der Waals surface area contributed by atoms with Crippen LogP contribution in [0.2, 0.25) is 0 Å². The molecule has 31 heavy (non-hydrogen) atoms. The molecule has 6 N–H and O–H groups in total. The van der Waals surface area contributed by atoms with Crippen molar-refractivity contribution in [1.82, 2.24) is 9.88 Å². The van der Waals surface area contributed by atoms with Gasteiger partial charge in [-0.15, -0.1) is 0 Å². The number of nitrogens with zero attached hydrogens (tertiary/aromatic N) is 1. The van der Waals surface area contributed by atoms with Crippen LogP contribution in [0.25, 0.3) is 11.8 Å². The second-order valence-corrected chi connectivity index (χ2v) is 9.83. The van der Waals surface area contributed by atoms with Gasteiger partial charge in [-0.3, -0.25) is 0 Å². The van der Waals surface area contributed by atoms with E-state index in [4.69, 9.17) is 21.5 Å². The predicted octanol–water partition coefficient (Wildman–Crippen LogP) is 4.57. The number of hydrogen-bond acceptors (Lipinski definition) is 6. The van der Waals surface area contributed by atoms with Crippen molar-refractivity contribution < 1.29 is 19.7 Å². The third-order valence-electron chi connectivity index (χ3n) is 5.33. The lowest BCUT2D eigenvalue weighted by molar-refractivity contribution is -0.137. The van der Waals surface area contributed by atoms with Crippen molar-refractivity contribution in [3.8, 4) is 5.75 Å². The molecule has 1 atom stereocenters.